The van der Waals surface area contributed by atoms with E-state index in [1.54, 1.807) is 0 Å². The first kappa shape index (κ1) is 16.0. The molecule has 6 nitrogen and oxygen atoms in total. The Morgan fingerprint density at radius 2 is 1.74 bits per heavy atom. The second-order valence-corrected chi connectivity index (χ2v) is 10.1. The number of likely N-dealkylation sites (tertiary alicyclic amines) is 1. The van der Waals surface area contributed by atoms with Crippen LogP contribution in [0.15, 0.2) is 0 Å². The van der Waals surface area contributed by atoms with Gasteiger partial charge < -0.3 is 13.9 Å². The summed E-state index contributed by atoms with van der Waals surface area (Å²) < 4.78 is 15.5. The Hall–Kier alpha value is -1.08. The zero-order valence-corrected chi connectivity index (χ0v) is 13.3. The van der Waals surface area contributed by atoms with Gasteiger partial charge in [-0.25, -0.2) is 9.59 Å². The summed E-state index contributed by atoms with van der Waals surface area (Å²) in [6.45, 7) is 6.67. The molecule has 1 rings (SSSR count). The van der Waals surface area contributed by atoms with Crippen molar-refractivity contribution in [3.8, 4) is 0 Å². The lowest BCUT2D eigenvalue weighted by atomic mass is 10.0. The molecule has 19 heavy (non-hydrogen) atoms. The van der Waals surface area contributed by atoms with Crippen molar-refractivity contribution in [3.05, 3.63) is 0 Å². The summed E-state index contributed by atoms with van der Waals surface area (Å²) in [6.07, 6.45) is 0.736. The van der Waals surface area contributed by atoms with E-state index in [0.29, 0.717) is 13.0 Å². The molecule has 0 aromatic heterocycles. The Bertz CT molecular complexity index is 342. The summed E-state index contributed by atoms with van der Waals surface area (Å²) in [5, 5.41) is 0. The van der Waals surface area contributed by atoms with E-state index in [0.717, 1.165) is 6.42 Å². The first-order valence-electron chi connectivity index (χ1n) is 6.38. The monoisotopic (exact) mass is 289 g/mol. The summed E-state index contributed by atoms with van der Waals surface area (Å²) in [5.74, 6) is -0.406. The first-order valence-corrected chi connectivity index (χ1v) is 9.79. The average Bonchev–Trinajstić information content (AvgIpc) is 2.35. The zero-order chi connectivity index (χ0) is 14.6. The van der Waals surface area contributed by atoms with Gasteiger partial charge in [-0.05, 0) is 32.5 Å². The van der Waals surface area contributed by atoms with E-state index in [4.69, 9.17) is 13.9 Å². The van der Waals surface area contributed by atoms with Gasteiger partial charge in [-0.1, -0.05) is 0 Å². The average molecular weight is 289 g/mol. The molecule has 0 bridgehead atoms. The second kappa shape index (κ2) is 6.38. The van der Waals surface area contributed by atoms with Crippen molar-refractivity contribution < 1.29 is 23.5 Å². The highest BCUT2D eigenvalue weighted by Gasteiger charge is 2.38. The zero-order valence-electron chi connectivity index (χ0n) is 12.3. The molecular weight excluding hydrogens is 266 g/mol. The smallest absolute Gasteiger partial charge is 0.410 e. The Labute approximate surface area is 115 Å². The van der Waals surface area contributed by atoms with Crippen LogP contribution in [0.1, 0.15) is 12.8 Å². The molecule has 0 aromatic carbocycles. The minimum absolute atomic E-state index is 0.0355. The maximum atomic E-state index is 11.8. The summed E-state index contributed by atoms with van der Waals surface area (Å²) in [6, 6.07) is -0.570. The van der Waals surface area contributed by atoms with E-state index in [1.165, 1.54) is 19.1 Å². The van der Waals surface area contributed by atoms with Crippen LogP contribution >= 0.6 is 0 Å². The van der Waals surface area contributed by atoms with Crippen molar-refractivity contribution in [3.63, 3.8) is 0 Å². The third-order valence-corrected chi connectivity index (χ3v) is 3.98. The summed E-state index contributed by atoms with van der Waals surface area (Å²) in [7, 11) is 0.955. The van der Waals surface area contributed by atoms with Crippen molar-refractivity contribution >= 4 is 20.4 Å². The van der Waals surface area contributed by atoms with E-state index in [-0.39, 0.29) is 6.10 Å². The lowest BCUT2D eigenvalue weighted by molar-refractivity contribution is -0.148. The van der Waals surface area contributed by atoms with Crippen LogP contribution in [0.3, 0.4) is 0 Å². The van der Waals surface area contributed by atoms with Gasteiger partial charge in [0.15, 0.2) is 8.32 Å². The van der Waals surface area contributed by atoms with E-state index in [9.17, 15) is 9.59 Å². The van der Waals surface area contributed by atoms with Crippen molar-refractivity contribution in [1.82, 2.24) is 4.90 Å². The summed E-state index contributed by atoms with van der Waals surface area (Å²) >= 11 is 0. The summed E-state index contributed by atoms with van der Waals surface area (Å²) in [4.78, 5) is 24.8. The fourth-order valence-electron chi connectivity index (χ4n) is 2.23. The van der Waals surface area contributed by atoms with Gasteiger partial charge in [0.2, 0.25) is 0 Å². The van der Waals surface area contributed by atoms with Crippen LogP contribution in [0.2, 0.25) is 19.6 Å². The molecule has 7 heteroatoms. The van der Waals surface area contributed by atoms with Crippen molar-refractivity contribution in [2.24, 2.45) is 0 Å². The molecule has 0 radical (unpaired) electrons. The molecule has 0 unspecified atom stereocenters. The topological polar surface area (TPSA) is 65.1 Å². The van der Waals surface area contributed by atoms with Crippen molar-refractivity contribution in [1.29, 1.82) is 0 Å². The lowest BCUT2D eigenvalue weighted by Gasteiger charge is -2.39. The largest absolute Gasteiger partial charge is 0.467 e. The van der Waals surface area contributed by atoms with Crippen LogP contribution in [-0.4, -0.2) is 58.2 Å². The molecule has 1 aliphatic rings. The quantitative estimate of drug-likeness (QED) is 0.583. The number of carbonyl (C=O) groups excluding carboxylic acids is 2. The van der Waals surface area contributed by atoms with Crippen LogP contribution in [0, 0.1) is 0 Å². The van der Waals surface area contributed by atoms with Crippen LogP contribution in [0.4, 0.5) is 4.79 Å². The van der Waals surface area contributed by atoms with Crippen LogP contribution < -0.4 is 0 Å². The lowest BCUT2D eigenvalue weighted by Crippen LogP contribution is -2.54. The SMILES string of the molecule is COC(=O)[C@@H]1CC[C@@H](O[Si](C)(C)C)CN1C(=O)OC. The molecule has 0 saturated carbocycles. The Morgan fingerprint density at radius 3 is 2.21 bits per heavy atom. The molecule has 0 aliphatic carbocycles. The molecule has 1 aliphatic heterocycles. The molecule has 1 saturated heterocycles. The minimum atomic E-state index is -1.67. The third-order valence-electron chi connectivity index (χ3n) is 2.94. The predicted octanol–water partition coefficient (Wildman–Crippen LogP) is 1.61. The minimum Gasteiger partial charge on any atom is -0.467 e. The number of ether oxygens (including phenoxy) is 2. The molecular formula is C12H23NO5Si. The van der Waals surface area contributed by atoms with E-state index in [2.05, 4.69) is 19.6 Å². The van der Waals surface area contributed by atoms with Gasteiger partial charge in [-0.2, -0.15) is 0 Å². The van der Waals surface area contributed by atoms with Gasteiger partial charge in [0.25, 0.3) is 0 Å². The summed E-state index contributed by atoms with van der Waals surface area (Å²) in [5.41, 5.74) is 0. The van der Waals surface area contributed by atoms with Crippen molar-refractivity contribution in [2.75, 3.05) is 20.8 Å². The molecule has 110 valence electrons. The van der Waals surface area contributed by atoms with E-state index in [1.807, 2.05) is 0 Å². The number of amides is 1. The number of rotatable bonds is 3. The molecule has 2 atom stereocenters. The van der Waals surface area contributed by atoms with Gasteiger partial charge in [0.05, 0.1) is 20.3 Å². The highest BCUT2D eigenvalue weighted by Crippen LogP contribution is 2.23. The highest BCUT2D eigenvalue weighted by molar-refractivity contribution is 6.69. The normalized spacial score (nSPS) is 23.9. The number of hydrogen-bond donors (Lipinski definition) is 0. The van der Waals surface area contributed by atoms with Gasteiger partial charge >= 0.3 is 12.1 Å². The van der Waals surface area contributed by atoms with Gasteiger partial charge in [-0.3, -0.25) is 4.90 Å². The Morgan fingerprint density at radius 1 is 1.11 bits per heavy atom. The fourth-order valence-corrected chi connectivity index (χ4v) is 3.43. The maximum Gasteiger partial charge on any atom is 0.410 e. The number of hydrogen-bond acceptors (Lipinski definition) is 5. The number of nitrogens with zero attached hydrogens (tertiary/aromatic N) is 1. The third kappa shape index (κ3) is 4.50. The standard InChI is InChI=1S/C12H23NO5Si/c1-16-11(14)10-7-6-9(18-19(3,4)5)8-13(10)12(15)17-2/h9-10H,6-8H2,1-5H3/t9-,10+/m1/s1. The van der Waals surface area contributed by atoms with Crippen LogP contribution in [0.25, 0.3) is 0 Å². The molecule has 1 fully saturated rings. The molecule has 1 heterocycles. The van der Waals surface area contributed by atoms with Crippen LogP contribution in [-0.2, 0) is 18.7 Å². The first-order chi connectivity index (χ1) is 8.78. The van der Waals surface area contributed by atoms with Gasteiger partial charge in [0.1, 0.15) is 6.04 Å². The van der Waals surface area contributed by atoms with Crippen LogP contribution in [0.5, 0.6) is 0 Å². The molecule has 0 N–H and O–H groups in total. The fraction of sp³-hybridized carbons (Fsp3) is 0.833. The van der Waals surface area contributed by atoms with E-state index >= 15 is 0 Å². The molecule has 0 spiro atoms. The number of piperidine rings is 1. The number of methoxy groups -OCH3 is 2. The Balaban J connectivity index is 2.76. The predicted molar refractivity (Wildman–Crippen MR) is 72.4 cm³/mol. The van der Waals surface area contributed by atoms with E-state index < -0.39 is 26.4 Å². The van der Waals surface area contributed by atoms with Gasteiger partial charge in [0, 0.05) is 6.54 Å². The maximum absolute atomic E-state index is 11.8. The second-order valence-electron chi connectivity index (χ2n) is 5.59. The van der Waals surface area contributed by atoms with Gasteiger partial charge in [-0.15, -0.1) is 0 Å². The number of esters is 1. The number of carbonyl (C=O) groups is 2. The molecule has 0 aromatic rings. The molecule has 1 amide bonds. The highest BCUT2D eigenvalue weighted by atomic mass is 28.4. The Kier molecular flexibility index (Phi) is 5.36. The van der Waals surface area contributed by atoms with Crippen molar-refractivity contribution in [2.45, 2.75) is 44.6 Å².